The molecule has 4 unspecified atom stereocenters. The van der Waals surface area contributed by atoms with Crippen molar-refractivity contribution >= 4 is 47.5 Å². The number of fused-ring (bicyclic) bond motifs is 2. The van der Waals surface area contributed by atoms with Gasteiger partial charge in [0.25, 0.3) is 0 Å². The maximum atomic E-state index is 14.9. The van der Waals surface area contributed by atoms with Crippen LogP contribution in [0.1, 0.15) is 112 Å². The van der Waals surface area contributed by atoms with E-state index >= 15 is 0 Å². The Labute approximate surface area is 487 Å². The van der Waals surface area contributed by atoms with Crippen LogP contribution in [0, 0.1) is 5.92 Å². The minimum absolute atomic E-state index is 0.0266. The van der Waals surface area contributed by atoms with Crippen molar-refractivity contribution in [2.24, 2.45) is 5.92 Å². The summed E-state index contributed by atoms with van der Waals surface area (Å²) in [5.74, 6) is -2.78. The van der Waals surface area contributed by atoms with Crippen LogP contribution in [0.5, 0.6) is 0 Å². The minimum atomic E-state index is -1.12. The van der Waals surface area contributed by atoms with Gasteiger partial charge in [-0.15, -0.1) is 0 Å². The molecular formula is C63H82N12O8. The number of hydrogen-bond acceptors (Lipinski definition) is 10. The molecule has 0 radical (unpaired) electrons. The number of carbonyl (C=O) groups excluding carboxylic acids is 8. The first-order chi connectivity index (χ1) is 40.2. The Hall–Kier alpha value is -7.84. The predicted molar refractivity (Wildman–Crippen MR) is 314 cm³/mol. The smallest absolute Gasteiger partial charge is 0.317 e. The van der Waals surface area contributed by atoms with Crippen LogP contribution < -0.4 is 42.5 Å². The Morgan fingerprint density at radius 1 is 0.470 bits per heavy atom. The number of carbonyl (C=O) groups is 8. The summed E-state index contributed by atoms with van der Waals surface area (Å²) in [5.41, 5.74) is 3.63. The van der Waals surface area contributed by atoms with Crippen LogP contribution in [0.15, 0.2) is 121 Å². The van der Waals surface area contributed by atoms with Crippen molar-refractivity contribution < 1.29 is 38.4 Å². The molecule has 8 atom stereocenters. The second kappa shape index (κ2) is 28.0. The molecule has 0 spiro atoms. The maximum Gasteiger partial charge on any atom is 0.317 e. The average Bonchev–Trinajstić information content (AvgIpc) is 4.15. The van der Waals surface area contributed by atoms with Gasteiger partial charge in [-0.1, -0.05) is 121 Å². The van der Waals surface area contributed by atoms with E-state index in [1.165, 1.54) is 0 Å². The number of likely N-dealkylation sites (N-methyl/N-ethyl adjacent to an activating group) is 2. The molecule has 0 aromatic heterocycles. The molecule has 1 saturated carbocycles. The Morgan fingerprint density at radius 3 is 1.27 bits per heavy atom. The van der Waals surface area contributed by atoms with Crippen LogP contribution in [-0.4, -0.2) is 168 Å². The Bertz CT molecular complexity index is 2800. The molecule has 4 heterocycles. The number of hydrogen-bond donors (Lipinski definition) is 8. The Kier molecular flexibility index (Phi) is 20.1. The third kappa shape index (κ3) is 14.5. The quantitative estimate of drug-likeness (QED) is 0.0753. The van der Waals surface area contributed by atoms with Gasteiger partial charge in [0.15, 0.2) is 0 Å². The van der Waals surface area contributed by atoms with E-state index in [-0.39, 0.29) is 86.0 Å². The summed E-state index contributed by atoms with van der Waals surface area (Å²) in [4.78, 5) is 120. The van der Waals surface area contributed by atoms with Gasteiger partial charge >= 0.3 is 12.1 Å². The first kappa shape index (κ1) is 59.8. The number of nitrogens with one attached hydrogen (secondary N) is 8. The predicted octanol–water partition coefficient (Wildman–Crippen LogP) is 4.09. The number of benzene rings is 4. The summed E-state index contributed by atoms with van der Waals surface area (Å²) >= 11 is 0. The van der Waals surface area contributed by atoms with Crippen molar-refractivity contribution in [2.75, 3.05) is 46.8 Å². The molecule has 9 rings (SSSR count). The van der Waals surface area contributed by atoms with Crippen molar-refractivity contribution in [3.8, 4) is 0 Å². The van der Waals surface area contributed by atoms with E-state index < -0.39 is 60.0 Å². The zero-order valence-corrected chi connectivity index (χ0v) is 48.1. The number of urea groups is 2. The molecule has 20 heteroatoms. The summed E-state index contributed by atoms with van der Waals surface area (Å²) in [6.07, 6.45) is 5.19. The Balaban J connectivity index is 0.819. The standard InChI is InChI=1S/C63H82N12O8/c1-40(64-3)56(76)66-37-46-38-72(35-33-49-29-31-52(74(49)60(46)80)58(78)70-54(42-17-9-5-10-18-42)43-19-11-6-12-20-43)62(82)67-47-25-27-48(28-26-47)68-63(83)73-36-34-50-30-32-53(75(50)61(81)51(39-73)69-57(77)41(2)65-4)59(79)71-55(44-21-13-7-14-22-44)45-23-15-8-16-24-45/h5-24,40-41,46-55,64-65H,25-39H2,1-4H3,(H,66,76)(H,67,82)(H,68,83)(H,69,77)(H,70,78)(H,71,79)/t40?,41-,46?,47?,48?,49?,50+,51-,52?,53-/m0/s1. The number of nitrogens with zero attached hydrogens (tertiary/aromatic N) is 4. The maximum absolute atomic E-state index is 14.9. The molecule has 4 saturated heterocycles. The van der Waals surface area contributed by atoms with E-state index in [1.54, 1.807) is 47.5 Å². The highest BCUT2D eigenvalue weighted by atomic mass is 16.2. The van der Waals surface area contributed by atoms with Gasteiger partial charge in [0.1, 0.15) is 18.1 Å². The van der Waals surface area contributed by atoms with Gasteiger partial charge < -0.3 is 62.1 Å². The minimum Gasteiger partial charge on any atom is -0.354 e. The van der Waals surface area contributed by atoms with Gasteiger partial charge in [-0.2, -0.15) is 0 Å². The van der Waals surface area contributed by atoms with E-state index in [9.17, 15) is 38.4 Å². The fourth-order valence-electron chi connectivity index (χ4n) is 12.6. The van der Waals surface area contributed by atoms with Crippen LogP contribution in [-0.2, 0) is 28.8 Å². The molecular weight excluding hydrogens is 1050 g/mol. The highest BCUT2D eigenvalue weighted by Gasteiger charge is 2.48. The lowest BCUT2D eigenvalue weighted by atomic mass is 9.91. The van der Waals surface area contributed by atoms with Gasteiger partial charge in [-0.25, -0.2) is 9.59 Å². The molecule has 5 fully saturated rings. The SMILES string of the molecule is CNC(C)C(=O)NCC1CN(C(=O)NC2CCC(NC(=O)N3CC[C@H]4CC[C@@H](C(=O)NC(c5ccccc5)c5ccccc5)N4C(=O)[C@@H](NC(=O)[C@H](C)NC)C3)CC2)CCC2CCC(C(=O)NC(c3ccccc3)c3ccccc3)N2C1=O. The summed E-state index contributed by atoms with van der Waals surface area (Å²) in [6.45, 7) is 3.93. The van der Waals surface area contributed by atoms with Crippen molar-refractivity contribution in [3.63, 3.8) is 0 Å². The molecule has 5 aliphatic rings. The molecule has 1 aliphatic carbocycles. The average molecular weight is 1140 g/mol. The molecule has 83 heavy (non-hydrogen) atoms. The van der Waals surface area contributed by atoms with Gasteiger partial charge in [0.05, 0.1) is 36.6 Å². The van der Waals surface area contributed by atoms with E-state index in [4.69, 9.17) is 0 Å². The van der Waals surface area contributed by atoms with Crippen LogP contribution in [0.3, 0.4) is 0 Å². The van der Waals surface area contributed by atoms with Crippen molar-refractivity contribution in [1.82, 2.24) is 62.1 Å². The van der Waals surface area contributed by atoms with Crippen LogP contribution >= 0.6 is 0 Å². The topological polar surface area (TPSA) is 246 Å². The highest BCUT2D eigenvalue weighted by molar-refractivity contribution is 5.95. The second-order valence-electron chi connectivity index (χ2n) is 23.0. The first-order valence-electron chi connectivity index (χ1n) is 29.7. The van der Waals surface area contributed by atoms with Crippen molar-refractivity contribution in [3.05, 3.63) is 144 Å². The van der Waals surface area contributed by atoms with Crippen molar-refractivity contribution in [1.29, 1.82) is 0 Å². The van der Waals surface area contributed by atoms with Crippen LogP contribution in [0.2, 0.25) is 0 Å². The highest BCUT2D eigenvalue weighted by Crippen LogP contribution is 2.34. The van der Waals surface area contributed by atoms with Crippen LogP contribution in [0.25, 0.3) is 0 Å². The molecule has 442 valence electrons. The lowest BCUT2D eigenvalue weighted by Gasteiger charge is -2.40. The zero-order chi connectivity index (χ0) is 58.6. The van der Waals surface area contributed by atoms with Gasteiger partial charge in [-0.05, 0) is 114 Å². The van der Waals surface area contributed by atoms with E-state index in [0.29, 0.717) is 70.8 Å². The normalized spacial score (nSPS) is 24.5. The van der Waals surface area contributed by atoms with Gasteiger partial charge in [0, 0.05) is 50.3 Å². The number of amides is 10. The van der Waals surface area contributed by atoms with E-state index in [1.807, 2.05) is 121 Å². The van der Waals surface area contributed by atoms with Gasteiger partial charge in [0.2, 0.25) is 35.4 Å². The molecule has 10 amide bonds. The van der Waals surface area contributed by atoms with Crippen LogP contribution in [0.4, 0.5) is 9.59 Å². The largest absolute Gasteiger partial charge is 0.354 e. The monoisotopic (exact) mass is 1130 g/mol. The third-order valence-corrected chi connectivity index (χ3v) is 17.6. The molecule has 8 N–H and O–H groups in total. The zero-order valence-electron chi connectivity index (χ0n) is 48.1. The number of rotatable bonds is 17. The lowest BCUT2D eigenvalue weighted by molar-refractivity contribution is -0.145. The fraction of sp³-hybridized carbons (Fsp3) is 0.492. The molecule has 4 aromatic carbocycles. The van der Waals surface area contributed by atoms with E-state index in [0.717, 1.165) is 22.3 Å². The second-order valence-corrected chi connectivity index (χ2v) is 23.0. The summed E-state index contributed by atoms with van der Waals surface area (Å²) in [5, 5.41) is 24.6. The first-order valence-corrected chi connectivity index (χ1v) is 29.7. The molecule has 20 nitrogen and oxygen atoms in total. The van der Waals surface area contributed by atoms with Gasteiger partial charge in [-0.3, -0.25) is 28.8 Å². The fourth-order valence-corrected chi connectivity index (χ4v) is 12.6. The van der Waals surface area contributed by atoms with Crippen molar-refractivity contribution in [2.45, 2.75) is 145 Å². The summed E-state index contributed by atoms with van der Waals surface area (Å²) < 4.78 is 0. The molecule has 4 aliphatic heterocycles. The van der Waals surface area contributed by atoms with E-state index in [2.05, 4.69) is 42.5 Å². The summed E-state index contributed by atoms with van der Waals surface area (Å²) in [7, 11) is 3.33. The molecule has 0 bridgehead atoms. The summed E-state index contributed by atoms with van der Waals surface area (Å²) in [6, 6.07) is 32.4. The third-order valence-electron chi connectivity index (χ3n) is 17.6. The lowest BCUT2D eigenvalue weighted by Crippen LogP contribution is -2.63. The molecule has 4 aromatic rings. The Morgan fingerprint density at radius 2 is 0.855 bits per heavy atom.